The van der Waals surface area contributed by atoms with E-state index in [4.69, 9.17) is 5.11 Å². The lowest BCUT2D eigenvalue weighted by Crippen LogP contribution is -2.67. The zero-order valence-corrected chi connectivity index (χ0v) is 12.0. The molecule has 1 fully saturated rings. The number of likely N-dealkylation sites (N-methyl/N-ethyl adjacent to an activating group) is 1. The Morgan fingerprint density at radius 3 is 2.42 bits per heavy atom. The van der Waals surface area contributed by atoms with E-state index in [0.717, 1.165) is 4.90 Å². The number of amides is 3. The minimum atomic E-state index is -1.33. The quantitative estimate of drug-likeness (QED) is 0.746. The van der Waals surface area contributed by atoms with Crippen LogP contribution in [0.25, 0.3) is 0 Å². The van der Waals surface area contributed by atoms with Crippen LogP contribution >= 0.6 is 0 Å². The summed E-state index contributed by atoms with van der Waals surface area (Å²) in [5, 5.41) is 11.8. The highest BCUT2D eigenvalue weighted by molar-refractivity contribution is 5.93. The van der Waals surface area contributed by atoms with Crippen molar-refractivity contribution in [1.29, 1.82) is 0 Å². The number of rotatable bonds is 2. The number of carbonyl (C=O) groups is 3. The zero-order valence-electron chi connectivity index (χ0n) is 12.0. The van der Waals surface area contributed by atoms with Gasteiger partial charge in [-0.05, 0) is 27.7 Å². The fourth-order valence-electron chi connectivity index (χ4n) is 1.80. The molecule has 7 heteroatoms. The second-order valence-corrected chi connectivity index (χ2v) is 5.67. The predicted octanol–water partition coefficient (Wildman–Crippen LogP) is 0.112. The average molecular weight is 271 g/mol. The first-order chi connectivity index (χ1) is 8.52. The fourth-order valence-corrected chi connectivity index (χ4v) is 1.80. The molecule has 2 N–H and O–H groups in total. The summed E-state index contributed by atoms with van der Waals surface area (Å²) < 4.78 is 0. The zero-order chi connectivity index (χ0) is 15.0. The Morgan fingerprint density at radius 2 is 1.95 bits per heavy atom. The monoisotopic (exact) mass is 271 g/mol. The van der Waals surface area contributed by atoms with Crippen LogP contribution in [0.15, 0.2) is 0 Å². The summed E-state index contributed by atoms with van der Waals surface area (Å²) in [6.07, 6.45) is 0. The lowest BCUT2D eigenvalue weighted by molar-refractivity contribution is -0.147. The molecule has 0 aromatic rings. The van der Waals surface area contributed by atoms with Crippen molar-refractivity contribution >= 4 is 17.9 Å². The van der Waals surface area contributed by atoms with Gasteiger partial charge < -0.3 is 20.2 Å². The van der Waals surface area contributed by atoms with Gasteiger partial charge in [0.1, 0.15) is 11.1 Å². The molecular formula is C12H21N3O4. The van der Waals surface area contributed by atoms with Crippen molar-refractivity contribution in [3.63, 3.8) is 0 Å². The van der Waals surface area contributed by atoms with Gasteiger partial charge in [-0.15, -0.1) is 0 Å². The molecule has 0 atom stereocenters. The second kappa shape index (κ2) is 4.71. The Balaban J connectivity index is 3.00. The molecule has 0 unspecified atom stereocenters. The molecule has 0 saturated carbocycles. The van der Waals surface area contributed by atoms with Gasteiger partial charge in [0.05, 0.1) is 0 Å². The number of carboxylic acids is 1. The smallest absolute Gasteiger partial charge is 0.329 e. The van der Waals surface area contributed by atoms with E-state index in [-0.39, 0.29) is 5.91 Å². The van der Waals surface area contributed by atoms with Gasteiger partial charge in [0, 0.05) is 20.1 Å². The topological polar surface area (TPSA) is 90.0 Å². The van der Waals surface area contributed by atoms with E-state index in [1.54, 1.807) is 13.8 Å². The third-order valence-corrected chi connectivity index (χ3v) is 3.73. The second-order valence-electron chi connectivity index (χ2n) is 5.67. The lowest BCUT2D eigenvalue weighted by Gasteiger charge is -2.45. The van der Waals surface area contributed by atoms with Crippen molar-refractivity contribution in [2.75, 3.05) is 20.1 Å². The highest BCUT2D eigenvalue weighted by Crippen LogP contribution is 2.22. The maximum Gasteiger partial charge on any atom is 0.329 e. The van der Waals surface area contributed by atoms with Gasteiger partial charge in [-0.1, -0.05) is 0 Å². The van der Waals surface area contributed by atoms with E-state index in [1.807, 2.05) is 0 Å². The van der Waals surface area contributed by atoms with E-state index in [2.05, 4.69) is 5.32 Å². The maximum absolute atomic E-state index is 12.4. The molecule has 3 amide bonds. The van der Waals surface area contributed by atoms with Crippen LogP contribution in [-0.2, 0) is 9.59 Å². The number of nitrogens with one attached hydrogen (secondary N) is 1. The largest absolute Gasteiger partial charge is 0.480 e. The molecule has 1 aliphatic heterocycles. The van der Waals surface area contributed by atoms with Gasteiger partial charge in [0.15, 0.2) is 0 Å². The molecule has 0 aromatic carbocycles. The number of hydrogen-bond donors (Lipinski definition) is 2. The Morgan fingerprint density at radius 1 is 1.42 bits per heavy atom. The molecule has 1 rings (SSSR count). The van der Waals surface area contributed by atoms with Gasteiger partial charge in [-0.3, -0.25) is 4.79 Å². The van der Waals surface area contributed by atoms with Crippen LogP contribution < -0.4 is 5.32 Å². The molecule has 19 heavy (non-hydrogen) atoms. The highest BCUT2D eigenvalue weighted by Gasteiger charge is 2.45. The van der Waals surface area contributed by atoms with Crippen molar-refractivity contribution in [3.05, 3.63) is 0 Å². The standard InChI is InChI=1S/C12H21N3O4/c1-11(2)8(16)13-6-7-15(11)10(19)14(5)12(3,4)9(17)18/h6-7H2,1-5H3,(H,13,16)(H,17,18). The van der Waals surface area contributed by atoms with E-state index < -0.39 is 23.1 Å². The van der Waals surface area contributed by atoms with Gasteiger partial charge in [0.2, 0.25) is 5.91 Å². The highest BCUT2D eigenvalue weighted by atomic mass is 16.4. The van der Waals surface area contributed by atoms with Crippen LogP contribution in [0, 0.1) is 0 Å². The Labute approximate surface area is 112 Å². The molecule has 0 spiro atoms. The molecule has 1 heterocycles. The first kappa shape index (κ1) is 15.3. The Hall–Kier alpha value is -1.79. The average Bonchev–Trinajstić information content (AvgIpc) is 2.30. The number of urea groups is 1. The summed E-state index contributed by atoms with van der Waals surface area (Å²) >= 11 is 0. The molecule has 0 aromatic heterocycles. The molecule has 0 radical (unpaired) electrons. The van der Waals surface area contributed by atoms with Gasteiger partial charge >= 0.3 is 12.0 Å². The molecule has 108 valence electrons. The fraction of sp³-hybridized carbons (Fsp3) is 0.750. The predicted molar refractivity (Wildman–Crippen MR) is 68.7 cm³/mol. The van der Waals surface area contributed by atoms with Crippen LogP contribution in [0.2, 0.25) is 0 Å². The van der Waals surface area contributed by atoms with Crippen molar-refractivity contribution < 1.29 is 19.5 Å². The number of hydrogen-bond acceptors (Lipinski definition) is 3. The first-order valence-corrected chi connectivity index (χ1v) is 6.10. The molecule has 1 saturated heterocycles. The summed E-state index contributed by atoms with van der Waals surface area (Å²) in [5.41, 5.74) is -2.32. The summed E-state index contributed by atoms with van der Waals surface area (Å²) in [6, 6.07) is -0.466. The molecule has 1 aliphatic rings. The van der Waals surface area contributed by atoms with Crippen molar-refractivity contribution in [1.82, 2.24) is 15.1 Å². The maximum atomic E-state index is 12.4. The van der Waals surface area contributed by atoms with Gasteiger partial charge in [-0.2, -0.15) is 0 Å². The normalized spacial score (nSPS) is 18.8. The van der Waals surface area contributed by atoms with Crippen LogP contribution in [0.4, 0.5) is 4.79 Å². The van der Waals surface area contributed by atoms with Gasteiger partial charge in [-0.25, -0.2) is 9.59 Å². The molecule has 0 aliphatic carbocycles. The number of carbonyl (C=O) groups excluding carboxylic acids is 2. The van der Waals surface area contributed by atoms with Crippen molar-refractivity contribution in [2.24, 2.45) is 0 Å². The number of nitrogens with zero attached hydrogens (tertiary/aromatic N) is 2. The number of carboxylic acid groups (broad SMARTS) is 1. The van der Waals surface area contributed by atoms with Crippen molar-refractivity contribution in [3.8, 4) is 0 Å². The van der Waals surface area contributed by atoms with E-state index >= 15 is 0 Å². The van der Waals surface area contributed by atoms with Gasteiger partial charge in [0.25, 0.3) is 0 Å². The van der Waals surface area contributed by atoms with E-state index in [0.29, 0.717) is 13.1 Å². The third-order valence-electron chi connectivity index (χ3n) is 3.73. The number of aliphatic carboxylic acids is 1. The van der Waals surface area contributed by atoms with Crippen LogP contribution in [0.1, 0.15) is 27.7 Å². The molecule has 7 nitrogen and oxygen atoms in total. The molecule has 0 bridgehead atoms. The van der Waals surface area contributed by atoms with Crippen LogP contribution in [0.3, 0.4) is 0 Å². The Kier molecular flexibility index (Phi) is 3.79. The van der Waals surface area contributed by atoms with E-state index in [9.17, 15) is 14.4 Å². The first-order valence-electron chi connectivity index (χ1n) is 6.10. The summed E-state index contributed by atoms with van der Waals surface area (Å²) in [6.45, 7) is 6.91. The molecular weight excluding hydrogens is 250 g/mol. The SMILES string of the molecule is CN(C(=O)N1CCNC(=O)C1(C)C)C(C)(C)C(=O)O. The van der Waals surface area contributed by atoms with Crippen molar-refractivity contribution in [2.45, 2.75) is 38.8 Å². The minimum absolute atomic E-state index is 0.242. The third kappa shape index (κ3) is 2.50. The minimum Gasteiger partial charge on any atom is -0.480 e. The van der Waals surface area contributed by atoms with Crippen LogP contribution in [-0.4, -0.2) is 64.0 Å². The summed E-state index contributed by atoms with van der Waals surface area (Å²) in [7, 11) is 1.43. The summed E-state index contributed by atoms with van der Waals surface area (Å²) in [5.74, 6) is -1.34. The Bertz CT molecular complexity index is 417. The van der Waals surface area contributed by atoms with E-state index in [1.165, 1.54) is 25.8 Å². The number of piperazine rings is 1. The summed E-state index contributed by atoms with van der Waals surface area (Å²) in [4.78, 5) is 37.9. The lowest BCUT2D eigenvalue weighted by atomic mass is 9.98. The van der Waals surface area contributed by atoms with Crippen LogP contribution in [0.5, 0.6) is 0 Å².